The molecule has 1 unspecified atom stereocenters. The molecule has 1 aliphatic heterocycles. The average molecular weight is 351 g/mol. The van der Waals surface area contributed by atoms with E-state index in [1.165, 1.54) is 0 Å². The molecule has 0 aromatic carbocycles. The summed E-state index contributed by atoms with van der Waals surface area (Å²) in [7, 11) is 0. The Kier molecular flexibility index (Phi) is 4.30. The third kappa shape index (κ3) is 3.26. The van der Waals surface area contributed by atoms with E-state index < -0.39 is 5.97 Å². The summed E-state index contributed by atoms with van der Waals surface area (Å²) >= 11 is 0. The lowest BCUT2D eigenvalue weighted by atomic mass is 9.98. The third-order valence-electron chi connectivity index (χ3n) is 4.41. The maximum atomic E-state index is 11.2. The quantitative estimate of drug-likeness (QED) is 0.764. The first-order valence-corrected chi connectivity index (χ1v) is 8.40. The van der Waals surface area contributed by atoms with E-state index in [4.69, 9.17) is 4.52 Å². The van der Waals surface area contributed by atoms with Gasteiger partial charge in [-0.25, -0.2) is 4.98 Å². The Labute approximate surface area is 149 Å². The predicted molar refractivity (Wildman–Crippen MR) is 93.3 cm³/mol. The largest absolute Gasteiger partial charge is 0.481 e. The number of carboxylic acid groups (broad SMARTS) is 1. The van der Waals surface area contributed by atoms with Gasteiger partial charge in [-0.2, -0.15) is 4.98 Å². The van der Waals surface area contributed by atoms with E-state index >= 15 is 0 Å². The second kappa shape index (κ2) is 6.91. The standard InChI is InChI=1S/C18H17N5O3/c24-18(25)13-4-3-9-23(11-13)15-7-6-12(10-20-15)17-21-16(22-26-17)14-5-1-2-8-19-14/h1-2,5-8,10,13H,3-4,9,11H2,(H,24,25). The second-order valence-electron chi connectivity index (χ2n) is 6.17. The number of carbonyl (C=O) groups is 1. The van der Waals surface area contributed by atoms with E-state index in [0.717, 1.165) is 18.8 Å². The summed E-state index contributed by atoms with van der Waals surface area (Å²) in [6.07, 6.45) is 4.89. The van der Waals surface area contributed by atoms with Gasteiger partial charge >= 0.3 is 5.97 Å². The Morgan fingerprint density at radius 1 is 1.23 bits per heavy atom. The number of pyridine rings is 2. The Hall–Kier alpha value is -3.29. The molecule has 132 valence electrons. The molecule has 8 heteroatoms. The first-order chi connectivity index (χ1) is 12.7. The fourth-order valence-electron chi connectivity index (χ4n) is 3.03. The summed E-state index contributed by atoms with van der Waals surface area (Å²) in [5.74, 6) is 0.447. The zero-order valence-corrected chi connectivity index (χ0v) is 13.9. The fraction of sp³-hybridized carbons (Fsp3) is 0.278. The molecule has 0 spiro atoms. The summed E-state index contributed by atoms with van der Waals surface area (Å²) in [4.78, 5) is 26.2. The molecular weight excluding hydrogens is 334 g/mol. The van der Waals surface area contributed by atoms with Gasteiger partial charge in [0, 0.05) is 25.5 Å². The highest BCUT2D eigenvalue weighted by molar-refractivity contribution is 5.71. The maximum absolute atomic E-state index is 11.2. The van der Waals surface area contributed by atoms with Gasteiger partial charge in [0.15, 0.2) is 0 Å². The van der Waals surface area contributed by atoms with Gasteiger partial charge in [0.05, 0.1) is 11.5 Å². The summed E-state index contributed by atoms with van der Waals surface area (Å²) in [5, 5.41) is 13.2. The molecule has 0 radical (unpaired) electrons. The SMILES string of the molecule is O=C(O)C1CCCN(c2ccc(-c3nc(-c4ccccn4)no3)cn2)C1. The lowest BCUT2D eigenvalue weighted by Crippen LogP contribution is -2.39. The lowest BCUT2D eigenvalue weighted by molar-refractivity contribution is -0.141. The van der Waals surface area contributed by atoms with Crippen LogP contribution in [0.4, 0.5) is 5.82 Å². The highest BCUT2D eigenvalue weighted by Gasteiger charge is 2.26. The molecule has 3 aromatic heterocycles. The van der Waals surface area contributed by atoms with Crippen LogP contribution < -0.4 is 4.90 Å². The van der Waals surface area contributed by atoms with E-state index in [9.17, 15) is 9.90 Å². The molecule has 3 aromatic rings. The average Bonchev–Trinajstić information content (AvgIpc) is 3.19. The summed E-state index contributed by atoms with van der Waals surface area (Å²) in [6.45, 7) is 1.28. The van der Waals surface area contributed by atoms with Gasteiger partial charge in [-0.15, -0.1) is 0 Å². The van der Waals surface area contributed by atoms with Crippen LogP contribution in [0, 0.1) is 5.92 Å². The molecule has 1 fully saturated rings. The molecule has 8 nitrogen and oxygen atoms in total. The van der Waals surface area contributed by atoms with Crippen LogP contribution in [0.25, 0.3) is 23.0 Å². The maximum Gasteiger partial charge on any atom is 0.308 e. The molecule has 26 heavy (non-hydrogen) atoms. The van der Waals surface area contributed by atoms with Crippen LogP contribution in [0.1, 0.15) is 12.8 Å². The minimum absolute atomic E-state index is 0.345. The first kappa shape index (κ1) is 16.2. The molecule has 0 bridgehead atoms. The number of aromatic nitrogens is 4. The molecule has 1 atom stereocenters. The monoisotopic (exact) mass is 351 g/mol. The Bertz CT molecular complexity index is 895. The highest BCUT2D eigenvalue weighted by atomic mass is 16.5. The van der Waals surface area contributed by atoms with Crippen molar-refractivity contribution in [3.05, 3.63) is 42.7 Å². The molecule has 1 N–H and O–H groups in total. The molecule has 4 heterocycles. The number of anilines is 1. The molecule has 1 aliphatic rings. The van der Waals surface area contributed by atoms with Crippen molar-refractivity contribution < 1.29 is 14.4 Å². The highest BCUT2D eigenvalue weighted by Crippen LogP contribution is 2.25. The normalized spacial score (nSPS) is 17.2. The van der Waals surface area contributed by atoms with Crippen molar-refractivity contribution in [2.24, 2.45) is 5.92 Å². The van der Waals surface area contributed by atoms with Crippen molar-refractivity contribution >= 4 is 11.8 Å². The zero-order chi connectivity index (χ0) is 17.9. The van der Waals surface area contributed by atoms with Gasteiger partial charge in [0.2, 0.25) is 5.82 Å². The molecular formula is C18H17N5O3. The topological polar surface area (TPSA) is 105 Å². The first-order valence-electron chi connectivity index (χ1n) is 8.40. The van der Waals surface area contributed by atoms with Crippen LogP contribution >= 0.6 is 0 Å². The van der Waals surface area contributed by atoms with E-state index in [2.05, 4.69) is 20.1 Å². The number of hydrogen-bond acceptors (Lipinski definition) is 7. The number of piperidine rings is 1. The van der Waals surface area contributed by atoms with Gasteiger partial charge in [-0.05, 0) is 37.1 Å². The second-order valence-corrected chi connectivity index (χ2v) is 6.17. The van der Waals surface area contributed by atoms with Crippen molar-refractivity contribution in [1.82, 2.24) is 20.1 Å². The summed E-state index contributed by atoms with van der Waals surface area (Å²) in [5.41, 5.74) is 1.34. The van der Waals surface area contributed by atoms with Crippen LogP contribution in [0.3, 0.4) is 0 Å². The van der Waals surface area contributed by atoms with Gasteiger partial charge < -0.3 is 14.5 Å². The Morgan fingerprint density at radius 2 is 2.15 bits per heavy atom. The number of aliphatic carboxylic acids is 1. The van der Waals surface area contributed by atoms with Crippen molar-refractivity contribution in [3.63, 3.8) is 0 Å². The van der Waals surface area contributed by atoms with Crippen molar-refractivity contribution in [2.45, 2.75) is 12.8 Å². The number of carboxylic acids is 1. The Morgan fingerprint density at radius 3 is 2.88 bits per heavy atom. The van der Waals surface area contributed by atoms with E-state index in [0.29, 0.717) is 35.9 Å². The minimum Gasteiger partial charge on any atom is -0.481 e. The number of hydrogen-bond donors (Lipinski definition) is 1. The van der Waals surface area contributed by atoms with Gasteiger partial charge in [-0.3, -0.25) is 9.78 Å². The smallest absolute Gasteiger partial charge is 0.308 e. The predicted octanol–water partition coefficient (Wildman–Crippen LogP) is 2.49. The van der Waals surface area contributed by atoms with E-state index in [1.807, 2.05) is 35.2 Å². The van der Waals surface area contributed by atoms with Crippen molar-refractivity contribution in [2.75, 3.05) is 18.0 Å². The van der Waals surface area contributed by atoms with Crippen LogP contribution in [0.2, 0.25) is 0 Å². The van der Waals surface area contributed by atoms with Crippen LogP contribution in [0.15, 0.2) is 47.2 Å². The lowest BCUT2D eigenvalue weighted by Gasteiger charge is -2.31. The molecule has 4 rings (SSSR count). The van der Waals surface area contributed by atoms with Crippen LogP contribution in [0.5, 0.6) is 0 Å². The summed E-state index contributed by atoms with van der Waals surface area (Å²) < 4.78 is 5.31. The van der Waals surface area contributed by atoms with Gasteiger partial charge in [0.25, 0.3) is 5.89 Å². The minimum atomic E-state index is -0.751. The van der Waals surface area contributed by atoms with E-state index in [-0.39, 0.29) is 5.92 Å². The molecule has 0 aliphatic carbocycles. The zero-order valence-electron chi connectivity index (χ0n) is 13.9. The summed E-state index contributed by atoms with van der Waals surface area (Å²) in [6, 6.07) is 9.19. The van der Waals surface area contributed by atoms with Crippen molar-refractivity contribution in [3.8, 4) is 23.0 Å². The molecule has 0 amide bonds. The number of rotatable bonds is 4. The van der Waals surface area contributed by atoms with Crippen LogP contribution in [-0.4, -0.2) is 44.3 Å². The fourth-order valence-corrected chi connectivity index (χ4v) is 3.03. The van der Waals surface area contributed by atoms with Crippen molar-refractivity contribution in [1.29, 1.82) is 0 Å². The van der Waals surface area contributed by atoms with Crippen LogP contribution in [-0.2, 0) is 4.79 Å². The third-order valence-corrected chi connectivity index (χ3v) is 4.41. The number of nitrogens with zero attached hydrogens (tertiary/aromatic N) is 5. The van der Waals surface area contributed by atoms with E-state index in [1.54, 1.807) is 12.4 Å². The molecule has 1 saturated heterocycles. The Balaban J connectivity index is 1.51. The molecule has 0 saturated carbocycles. The van der Waals surface area contributed by atoms with Gasteiger partial charge in [-0.1, -0.05) is 11.2 Å². The van der Waals surface area contributed by atoms with Gasteiger partial charge in [0.1, 0.15) is 11.5 Å².